The van der Waals surface area contributed by atoms with Crippen molar-refractivity contribution in [2.45, 2.75) is 30.7 Å². The van der Waals surface area contributed by atoms with E-state index in [1.807, 2.05) is 30.3 Å². The molecule has 3 aromatic rings. The second kappa shape index (κ2) is 6.86. The van der Waals surface area contributed by atoms with Crippen molar-refractivity contribution in [1.29, 1.82) is 0 Å². The molecule has 1 saturated heterocycles. The minimum Gasteiger partial charge on any atom is -0.459 e. The topological polar surface area (TPSA) is 95.4 Å². The number of aromatic nitrogens is 1. The average Bonchev–Trinajstić information content (AvgIpc) is 3.40. The number of hydrogen-bond donors (Lipinski definition) is 2. The van der Waals surface area contributed by atoms with Crippen LogP contribution in [0.1, 0.15) is 42.1 Å². The Hall–Kier alpha value is -2.58. The molecule has 2 N–H and O–H groups in total. The van der Waals surface area contributed by atoms with Gasteiger partial charge in [0.05, 0.1) is 6.04 Å². The fourth-order valence-corrected chi connectivity index (χ4v) is 4.52. The lowest BCUT2D eigenvalue weighted by Gasteiger charge is -2.13. The Kier molecular flexibility index (Phi) is 4.53. The van der Waals surface area contributed by atoms with Crippen LogP contribution in [0.4, 0.5) is 0 Å². The van der Waals surface area contributed by atoms with Gasteiger partial charge in [-0.25, -0.2) is 13.1 Å². The molecule has 0 radical (unpaired) electrons. The van der Waals surface area contributed by atoms with E-state index in [0.29, 0.717) is 24.4 Å². The van der Waals surface area contributed by atoms with Gasteiger partial charge in [0.2, 0.25) is 10.0 Å². The number of furan rings is 1. The monoisotopic (exact) mass is 387 g/mol. The van der Waals surface area contributed by atoms with E-state index >= 15 is 0 Å². The van der Waals surface area contributed by atoms with Crippen LogP contribution in [0.5, 0.6) is 0 Å². The summed E-state index contributed by atoms with van der Waals surface area (Å²) >= 11 is 0. The molecule has 1 atom stereocenters. The zero-order chi connectivity index (χ0) is 19.0. The van der Waals surface area contributed by atoms with Crippen LogP contribution in [0.3, 0.4) is 0 Å². The third-order valence-corrected chi connectivity index (χ3v) is 6.31. The first-order chi connectivity index (χ1) is 12.9. The van der Waals surface area contributed by atoms with Gasteiger partial charge in [0.1, 0.15) is 21.9 Å². The highest BCUT2D eigenvalue weighted by atomic mass is 32.2. The Labute approximate surface area is 157 Å². The van der Waals surface area contributed by atoms with Crippen molar-refractivity contribution in [3.63, 3.8) is 0 Å². The van der Waals surface area contributed by atoms with Crippen LogP contribution in [-0.2, 0) is 10.0 Å². The first kappa shape index (κ1) is 17.8. The van der Waals surface area contributed by atoms with Crippen molar-refractivity contribution < 1.29 is 17.6 Å². The number of para-hydroxylation sites is 1. The van der Waals surface area contributed by atoms with Gasteiger partial charge < -0.3 is 14.3 Å². The number of hydrogen-bond acceptors (Lipinski definition) is 4. The molecule has 1 amide bonds. The fourth-order valence-electron chi connectivity index (χ4n) is 3.32. The average molecular weight is 387 g/mol. The minimum absolute atomic E-state index is 0.0352. The number of amides is 1. The van der Waals surface area contributed by atoms with Crippen LogP contribution < -0.4 is 4.72 Å². The van der Waals surface area contributed by atoms with Gasteiger partial charge in [-0.05, 0) is 38.0 Å². The third-order valence-electron chi connectivity index (χ3n) is 4.79. The summed E-state index contributed by atoms with van der Waals surface area (Å²) in [6.45, 7) is 3.14. The maximum absolute atomic E-state index is 12.7. The lowest BCUT2D eigenvalue weighted by atomic mass is 10.2. The number of benzene rings is 1. The molecule has 1 aromatic carbocycles. The molecule has 0 spiro atoms. The minimum atomic E-state index is -3.79. The van der Waals surface area contributed by atoms with Gasteiger partial charge in [-0.15, -0.1) is 0 Å². The van der Waals surface area contributed by atoms with Crippen molar-refractivity contribution in [2.24, 2.45) is 0 Å². The molecule has 1 unspecified atom stereocenters. The molecule has 27 heavy (non-hydrogen) atoms. The lowest BCUT2D eigenvalue weighted by molar-refractivity contribution is 0.0787. The van der Waals surface area contributed by atoms with Crippen LogP contribution in [0.15, 0.2) is 51.9 Å². The number of H-pyrrole nitrogens is 1. The van der Waals surface area contributed by atoms with E-state index in [-0.39, 0.29) is 16.5 Å². The molecule has 0 aliphatic carbocycles. The van der Waals surface area contributed by atoms with Gasteiger partial charge in [0.15, 0.2) is 0 Å². The van der Waals surface area contributed by atoms with Crippen molar-refractivity contribution in [3.8, 4) is 0 Å². The Morgan fingerprint density at radius 1 is 1.22 bits per heavy atom. The number of likely N-dealkylation sites (tertiary alicyclic amines) is 1. The highest BCUT2D eigenvalue weighted by Gasteiger charge is 2.25. The molecule has 3 heterocycles. The Morgan fingerprint density at radius 3 is 2.70 bits per heavy atom. The fraction of sp³-hybridized carbons (Fsp3) is 0.316. The zero-order valence-electron chi connectivity index (χ0n) is 14.9. The molecular formula is C19H21N3O4S. The zero-order valence-corrected chi connectivity index (χ0v) is 15.8. The molecule has 8 heteroatoms. The number of aromatic amines is 1. The Morgan fingerprint density at radius 2 is 1.96 bits per heavy atom. The second-order valence-corrected chi connectivity index (χ2v) is 8.49. The number of nitrogens with one attached hydrogen (secondary N) is 2. The van der Waals surface area contributed by atoms with E-state index in [9.17, 15) is 13.2 Å². The summed E-state index contributed by atoms with van der Waals surface area (Å²) in [5, 5.41) is 0.915. The SMILES string of the molecule is CC(NS(=O)(=O)c1c[nH]c(C(=O)N2CCCC2)c1)c1cc2ccccc2o1. The van der Waals surface area contributed by atoms with E-state index in [2.05, 4.69) is 9.71 Å². The number of sulfonamides is 1. The summed E-state index contributed by atoms with van der Waals surface area (Å²) in [5.41, 5.74) is 0.993. The quantitative estimate of drug-likeness (QED) is 0.703. The predicted octanol–water partition coefficient (Wildman–Crippen LogP) is 3.04. The molecule has 2 aromatic heterocycles. The van der Waals surface area contributed by atoms with Gasteiger partial charge in [-0.1, -0.05) is 18.2 Å². The summed E-state index contributed by atoms with van der Waals surface area (Å²) in [6.07, 6.45) is 3.30. The van der Waals surface area contributed by atoms with Crippen LogP contribution in [-0.4, -0.2) is 37.3 Å². The molecule has 1 aliphatic rings. The van der Waals surface area contributed by atoms with Crippen LogP contribution in [0.25, 0.3) is 11.0 Å². The summed E-state index contributed by atoms with van der Waals surface area (Å²) < 4.78 is 33.7. The smallest absolute Gasteiger partial charge is 0.270 e. The van der Waals surface area contributed by atoms with Crippen molar-refractivity contribution >= 4 is 26.9 Å². The van der Waals surface area contributed by atoms with Crippen LogP contribution in [0.2, 0.25) is 0 Å². The second-order valence-electron chi connectivity index (χ2n) is 6.78. The van der Waals surface area contributed by atoms with Gasteiger partial charge in [0, 0.05) is 24.7 Å². The van der Waals surface area contributed by atoms with Crippen molar-refractivity contribution in [2.75, 3.05) is 13.1 Å². The Bertz CT molecular complexity index is 1040. The van der Waals surface area contributed by atoms with E-state index in [0.717, 1.165) is 18.2 Å². The molecule has 0 saturated carbocycles. The molecule has 7 nitrogen and oxygen atoms in total. The standard InChI is InChI=1S/C19H21N3O4S/c1-13(18-10-14-6-2-3-7-17(14)26-18)21-27(24,25)15-11-16(20-12-15)19(23)22-8-4-5-9-22/h2-3,6-7,10-13,20-21H,4-5,8-9H2,1H3. The van der Waals surface area contributed by atoms with Gasteiger partial charge in [0.25, 0.3) is 5.91 Å². The number of nitrogens with zero attached hydrogens (tertiary/aromatic N) is 1. The first-order valence-electron chi connectivity index (χ1n) is 8.92. The van der Waals surface area contributed by atoms with Crippen molar-refractivity contribution in [1.82, 2.24) is 14.6 Å². The largest absolute Gasteiger partial charge is 0.459 e. The van der Waals surface area contributed by atoms with Crippen LogP contribution >= 0.6 is 0 Å². The van der Waals surface area contributed by atoms with Gasteiger partial charge >= 0.3 is 0 Å². The summed E-state index contributed by atoms with van der Waals surface area (Å²) in [4.78, 5) is 16.9. The Balaban J connectivity index is 1.52. The predicted molar refractivity (Wildman–Crippen MR) is 101 cm³/mol. The van der Waals surface area contributed by atoms with Gasteiger partial charge in [-0.3, -0.25) is 4.79 Å². The molecule has 4 rings (SSSR count). The highest BCUT2D eigenvalue weighted by molar-refractivity contribution is 7.89. The maximum Gasteiger partial charge on any atom is 0.270 e. The third kappa shape index (κ3) is 3.50. The van der Waals surface area contributed by atoms with E-state index in [1.54, 1.807) is 11.8 Å². The molecule has 0 bridgehead atoms. The van der Waals surface area contributed by atoms with E-state index in [4.69, 9.17) is 4.42 Å². The van der Waals surface area contributed by atoms with E-state index in [1.165, 1.54) is 12.3 Å². The molecule has 142 valence electrons. The lowest BCUT2D eigenvalue weighted by Crippen LogP contribution is -2.28. The highest BCUT2D eigenvalue weighted by Crippen LogP contribution is 2.25. The summed E-state index contributed by atoms with van der Waals surface area (Å²) in [5.74, 6) is 0.364. The normalized spacial score (nSPS) is 16.1. The first-order valence-corrected chi connectivity index (χ1v) is 10.4. The number of fused-ring (bicyclic) bond motifs is 1. The number of rotatable bonds is 5. The molecular weight excluding hydrogens is 366 g/mol. The maximum atomic E-state index is 12.7. The van der Waals surface area contributed by atoms with E-state index < -0.39 is 16.1 Å². The molecule has 1 fully saturated rings. The number of carbonyl (C=O) groups is 1. The van der Waals surface area contributed by atoms with Crippen molar-refractivity contribution in [3.05, 3.63) is 54.0 Å². The molecule has 1 aliphatic heterocycles. The summed E-state index contributed by atoms with van der Waals surface area (Å²) in [6, 6.07) is 10.2. The van der Waals surface area contributed by atoms with Gasteiger partial charge in [-0.2, -0.15) is 0 Å². The summed E-state index contributed by atoms with van der Waals surface area (Å²) in [7, 11) is -3.79. The number of carbonyl (C=O) groups excluding carboxylic acids is 1. The van der Waals surface area contributed by atoms with Crippen LogP contribution in [0, 0.1) is 0 Å².